The van der Waals surface area contributed by atoms with Gasteiger partial charge in [0.1, 0.15) is 11.5 Å². The van der Waals surface area contributed by atoms with Crippen molar-refractivity contribution < 1.29 is 0 Å². The normalized spacial score (nSPS) is 11.1. The van der Waals surface area contributed by atoms with Crippen molar-refractivity contribution in [2.24, 2.45) is 0 Å². The van der Waals surface area contributed by atoms with Gasteiger partial charge in [-0.1, -0.05) is 48.2 Å². The van der Waals surface area contributed by atoms with Crippen LogP contribution in [0.1, 0.15) is 5.82 Å². The fraction of sp³-hybridized carbons (Fsp3) is 0.0476. The Labute approximate surface area is 165 Å². The Morgan fingerprint density at radius 2 is 1.68 bits per heavy atom. The molecular weight excluding hydrogens is 368 g/mol. The number of para-hydroxylation sites is 3. The number of hydrogen-bond donors (Lipinski definition) is 1. The maximum absolute atomic E-state index is 4.65. The van der Waals surface area contributed by atoms with E-state index < -0.39 is 0 Å². The second-order valence-electron chi connectivity index (χ2n) is 6.18. The van der Waals surface area contributed by atoms with Crippen LogP contribution in [-0.4, -0.2) is 29.7 Å². The molecule has 7 heteroatoms. The Hall–Kier alpha value is -3.45. The largest absolute Gasteiger partial charge is 0.341 e. The van der Waals surface area contributed by atoms with Crippen molar-refractivity contribution in [2.45, 2.75) is 10.9 Å². The molecule has 0 saturated carbocycles. The lowest BCUT2D eigenvalue weighted by atomic mass is 10.3. The van der Waals surface area contributed by atoms with Crippen LogP contribution in [0.25, 0.3) is 28.2 Å². The topological polar surface area (TPSA) is 72.3 Å². The van der Waals surface area contributed by atoms with Gasteiger partial charge in [0.2, 0.25) is 0 Å². The van der Waals surface area contributed by atoms with E-state index in [-0.39, 0.29) is 0 Å². The molecular formula is C21H16N6S. The predicted molar refractivity (Wildman–Crippen MR) is 110 cm³/mol. The molecule has 0 aliphatic carbocycles. The first-order valence-electron chi connectivity index (χ1n) is 8.87. The first-order chi connectivity index (χ1) is 13.9. The summed E-state index contributed by atoms with van der Waals surface area (Å²) >= 11 is 1.59. The number of nitrogens with one attached hydrogen (secondary N) is 1. The molecule has 28 heavy (non-hydrogen) atoms. The zero-order valence-corrected chi connectivity index (χ0v) is 15.7. The van der Waals surface area contributed by atoms with Crippen LogP contribution in [0.15, 0.2) is 84.1 Å². The smallest absolute Gasteiger partial charge is 0.196 e. The minimum Gasteiger partial charge on any atom is -0.341 e. The summed E-state index contributed by atoms with van der Waals surface area (Å²) < 4.78 is 2.04. The lowest BCUT2D eigenvalue weighted by Crippen LogP contribution is -2.00. The minimum atomic E-state index is 0.669. The SMILES string of the molecule is c1ccc(-n2c(SCc3nc4ccccc4[nH]3)nnc2-c2ccccn2)cc1. The quantitative estimate of drug-likeness (QED) is 0.452. The molecule has 0 amide bonds. The molecule has 0 aliphatic heterocycles. The number of benzene rings is 2. The maximum Gasteiger partial charge on any atom is 0.196 e. The molecule has 2 aromatic carbocycles. The van der Waals surface area contributed by atoms with E-state index in [2.05, 4.69) is 25.1 Å². The van der Waals surface area contributed by atoms with E-state index >= 15 is 0 Å². The summed E-state index contributed by atoms with van der Waals surface area (Å²) in [6, 6.07) is 23.9. The number of aromatic amines is 1. The molecule has 0 bridgehead atoms. The number of rotatable bonds is 5. The number of thioether (sulfide) groups is 1. The molecule has 0 aliphatic rings. The molecule has 0 spiro atoms. The van der Waals surface area contributed by atoms with E-state index in [0.29, 0.717) is 5.75 Å². The minimum absolute atomic E-state index is 0.669. The van der Waals surface area contributed by atoms with E-state index in [0.717, 1.165) is 39.2 Å². The number of pyridine rings is 1. The third-order valence-corrected chi connectivity index (χ3v) is 5.26. The summed E-state index contributed by atoms with van der Waals surface area (Å²) in [4.78, 5) is 12.5. The summed E-state index contributed by atoms with van der Waals surface area (Å²) in [5.74, 6) is 2.30. The van der Waals surface area contributed by atoms with Gasteiger partial charge in [-0.15, -0.1) is 10.2 Å². The molecule has 0 atom stereocenters. The molecule has 136 valence electrons. The number of imidazole rings is 1. The molecule has 1 N–H and O–H groups in total. The Kier molecular flexibility index (Phi) is 4.34. The fourth-order valence-electron chi connectivity index (χ4n) is 3.04. The molecule has 3 heterocycles. The summed E-state index contributed by atoms with van der Waals surface area (Å²) in [6.07, 6.45) is 1.76. The molecule has 5 aromatic rings. The fourth-order valence-corrected chi connectivity index (χ4v) is 3.86. The van der Waals surface area contributed by atoms with Gasteiger partial charge in [0.05, 0.1) is 16.8 Å². The zero-order valence-electron chi connectivity index (χ0n) is 14.9. The highest BCUT2D eigenvalue weighted by molar-refractivity contribution is 7.98. The third kappa shape index (κ3) is 3.16. The van der Waals surface area contributed by atoms with Gasteiger partial charge in [-0.2, -0.15) is 0 Å². The summed E-state index contributed by atoms with van der Waals surface area (Å²) in [5.41, 5.74) is 3.79. The van der Waals surface area contributed by atoms with Crippen LogP contribution in [0.3, 0.4) is 0 Å². The van der Waals surface area contributed by atoms with Gasteiger partial charge in [0.15, 0.2) is 11.0 Å². The molecule has 5 rings (SSSR count). The van der Waals surface area contributed by atoms with Crippen molar-refractivity contribution in [3.63, 3.8) is 0 Å². The Balaban J connectivity index is 1.51. The van der Waals surface area contributed by atoms with Crippen LogP contribution in [-0.2, 0) is 5.75 Å². The summed E-state index contributed by atoms with van der Waals surface area (Å²) in [5, 5.41) is 9.65. The molecule has 6 nitrogen and oxygen atoms in total. The number of hydrogen-bond acceptors (Lipinski definition) is 5. The third-order valence-electron chi connectivity index (χ3n) is 4.32. The van der Waals surface area contributed by atoms with E-state index in [1.807, 2.05) is 77.4 Å². The molecule has 0 unspecified atom stereocenters. The Morgan fingerprint density at radius 3 is 2.50 bits per heavy atom. The van der Waals surface area contributed by atoms with Crippen molar-refractivity contribution in [3.05, 3.63) is 84.8 Å². The van der Waals surface area contributed by atoms with Gasteiger partial charge in [0.25, 0.3) is 0 Å². The van der Waals surface area contributed by atoms with Crippen LogP contribution in [0.2, 0.25) is 0 Å². The standard InChI is InChI=1S/C21H16N6S/c1-2-8-15(9-3-1)27-20(18-12-6-7-13-22-18)25-26-21(27)28-14-19-23-16-10-4-5-11-17(16)24-19/h1-13H,14H2,(H,23,24). The van der Waals surface area contributed by atoms with Crippen LogP contribution >= 0.6 is 11.8 Å². The van der Waals surface area contributed by atoms with Crippen LogP contribution < -0.4 is 0 Å². The Morgan fingerprint density at radius 1 is 0.857 bits per heavy atom. The second kappa shape index (κ2) is 7.28. The van der Waals surface area contributed by atoms with Crippen LogP contribution in [0, 0.1) is 0 Å². The lowest BCUT2D eigenvalue weighted by molar-refractivity contribution is 0.883. The number of aromatic nitrogens is 6. The van der Waals surface area contributed by atoms with Gasteiger partial charge in [-0.3, -0.25) is 9.55 Å². The first kappa shape index (κ1) is 16.7. The molecule has 3 aromatic heterocycles. The summed E-state index contributed by atoms with van der Waals surface area (Å²) in [7, 11) is 0. The van der Waals surface area contributed by atoms with Gasteiger partial charge >= 0.3 is 0 Å². The predicted octanol–water partition coefficient (Wildman–Crippen LogP) is 4.50. The number of H-pyrrole nitrogens is 1. The van der Waals surface area contributed by atoms with E-state index in [1.54, 1.807) is 18.0 Å². The van der Waals surface area contributed by atoms with Gasteiger partial charge in [-0.05, 0) is 36.4 Å². The van der Waals surface area contributed by atoms with Crippen molar-refractivity contribution >= 4 is 22.8 Å². The summed E-state index contributed by atoms with van der Waals surface area (Å²) in [6.45, 7) is 0. The van der Waals surface area contributed by atoms with E-state index in [1.165, 1.54) is 0 Å². The maximum atomic E-state index is 4.65. The Bertz CT molecular complexity index is 1180. The van der Waals surface area contributed by atoms with Crippen LogP contribution in [0.4, 0.5) is 0 Å². The zero-order chi connectivity index (χ0) is 18.8. The van der Waals surface area contributed by atoms with E-state index in [4.69, 9.17) is 0 Å². The molecule has 0 fully saturated rings. The van der Waals surface area contributed by atoms with Gasteiger partial charge < -0.3 is 4.98 Å². The van der Waals surface area contributed by atoms with E-state index in [9.17, 15) is 0 Å². The molecule has 0 saturated heterocycles. The van der Waals surface area contributed by atoms with Gasteiger partial charge in [0, 0.05) is 11.9 Å². The highest BCUT2D eigenvalue weighted by Gasteiger charge is 2.17. The lowest BCUT2D eigenvalue weighted by Gasteiger charge is -2.09. The van der Waals surface area contributed by atoms with Crippen molar-refractivity contribution in [1.82, 2.24) is 29.7 Å². The van der Waals surface area contributed by atoms with Gasteiger partial charge in [-0.25, -0.2) is 4.98 Å². The number of fused-ring (bicyclic) bond motifs is 1. The van der Waals surface area contributed by atoms with Crippen molar-refractivity contribution in [1.29, 1.82) is 0 Å². The highest BCUT2D eigenvalue weighted by atomic mass is 32.2. The van der Waals surface area contributed by atoms with Crippen LogP contribution in [0.5, 0.6) is 0 Å². The highest BCUT2D eigenvalue weighted by Crippen LogP contribution is 2.28. The average molecular weight is 384 g/mol. The first-order valence-corrected chi connectivity index (χ1v) is 9.86. The molecule has 0 radical (unpaired) electrons. The second-order valence-corrected chi connectivity index (χ2v) is 7.12. The number of nitrogens with zero attached hydrogens (tertiary/aromatic N) is 5. The average Bonchev–Trinajstić information content (AvgIpc) is 3.37. The van der Waals surface area contributed by atoms with Crippen molar-refractivity contribution in [2.75, 3.05) is 0 Å². The monoisotopic (exact) mass is 384 g/mol. The van der Waals surface area contributed by atoms with Crippen molar-refractivity contribution in [3.8, 4) is 17.2 Å².